The Morgan fingerprint density at radius 2 is 1.77 bits per heavy atom. The van der Waals surface area contributed by atoms with Gasteiger partial charge in [0.2, 0.25) is 17.7 Å². The highest BCUT2D eigenvalue weighted by Gasteiger charge is 2.39. The van der Waals surface area contributed by atoms with Crippen molar-refractivity contribution in [1.82, 2.24) is 20.1 Å². The molecule has 2 heterocycles. The normalized spacial score (nSPS) is 15.6. The van der Waals surface area contributed by atoms with Gasteiger partial charge in [-0.05, 0) is 57.0 Å². The van der Waals surface area contributed by atoms with Crippen molar-refractivity contribution in [2.75, 3.05) is 39.6 Å². The second-order valence-corrected chi connectivity index (χ2v) is 11.7. The molecule has 10 nitrogen and oxygen atoms in total. The number of pyridine rings is 1. The van der Waals surface area contributed by atoms with Crippen LogP contribution in [-0.2, 0) is 16.1 Å². The Hall–Kier alpha value is -3.99. The van der Waals surface area contributed by atoms with Crippen LogP contribution in [0.25, 0.3) is 22.4 Å². The van der Waals surface area contributed by atoms with E-state index < -0.39 is 29.4 Å². The first kappa shape index (κ1) is 31.9. The molecule has 1 aliphatic rings. The Balaban J connectivity index is 1.58. The quantitative estimate of drug-likeness (QED) is 0.225. The van der Waals surface area contributed by atoms with Crippen LogP contribution in [0, 0.1) is 12.8 Å². The Morgan fingerprint density at radius 1 is 1.09 bits per heavy atom. The number of aliphatic hydroxyl groups is 1. The van der Waals surface area contributed by atoms with E-state index in [-0.39, 0.29) is 6.54 Å². The number of aromatic nitrogens is 1. The number of hydrogen-bond donors (Lipinski definition) is 3. The van der Waals surface area contributed by atoms with Crippen LogP contribution in [0.4, 0.5) is 10.5 Å². The maximum absolute atomic E-state index is 13.1. The molecule has 1 fully saturated rings. The number of carbonyl (C=O) groups is 3. The van der Waals surface area contributed by atoms with Gasteiger partial charge in [-0.3, -0.25) is 14.5 Å². The zero-order valence-electron chi connectivity index (χ0n) is 25.3. The summed E-state index contributed by atoms with van der Waals surface area (Å²) in [6, 6.07) is 14.6. The number of amides is 4. The summed E-state index contributed by atoms with van der Waals surface area (Å²) < 4.78 is 5.58. The average molecular weight is 608 g/mol. The van der Waals surface area contributed by atoms with Crippen molar-refractivity contribution in [2.45, 2.75) is 39.3 Å². The van der Waals surface area contributed by atoms with Crippen molar-refractivity contribution in [1.29, 1.82) is 0 Å². The first-order chi connectivity index (χ1) is 20.3. The summed E-state index contributed by atoms with van der Waals surface area (Å²) in [7, 11) is 4.50. The predicted octanol–water partition coefficient (Wildman–Crippen LogP) is 4.72. The molecule has 1 saturated heterocycles. The third kappa shape index (κ3) is 7.15. The van der Waals surface area contributed by atoms with E-state index in [0.717, 1.165) is 32.7 Å². The number of nitrogens with one attached hydrogen (secondary N) is 2. The van der Waals surface area contributed by atoms with Gasteiger partial charge in [-0.15, -0.1) is 0 Å². The third-order valence-corrected chi connectivity index (χ3v) is 7.94. The van der Waals surface area contributed by atoms with Crippen molar-refractivity contribution < 1.29 is 24.2 Å². The van der Waals surface area contributed by atoms with Gasteiger partial charge in [0.25, 0.3) is 0 Å². The summed E-state index contributed by atoms with van der Waals surface area (Å²) in [6.45, 7) is 6.61. The number of nitrogens with zero attached hydrogens (tertiary/aromatic N) is 3. The molecule has 4 rings (SSSR count). The minimum absolute atomic E-state index is 0.00655. The number of anilines is 1. The Kier molecular flexibility index (Phi) is 9.74. The van der Waals surface area contributed by atoms with Crippen molar-refractivity contribution in [3.63, 3.8) is 0 Å². The number of benzene rings is 2. The van der Waals surface area contributed by atoms with Gasteiger partial charge in [0.1, 0.15) is 5.92 Å². The summed E-state index contributed by atoms with van der Waals surface area (Å²) >= 11 is 6.98. The molecule has 3 aromatic rings. The lowest BCUT2D eigenvalue weighted by molar-refractivity contribution is -0.140. The number of carbonyl (C=O) groups excluding carboxylic acids is 3. The number of imide groups is 1. The van der Waals surface area contributed by atoms with Gasteiger partial charge in [-0.2, -0.15) is 0 Å². The zero-order chi connectivity index (χ0) is 31.5. The summed E-state index contributed by atoms with van der Waals surface area (Å²) in [5.74, 6) is -1.56. The molecule has 0 bridgehead atoms. The molecule has 4 amide bonds. The molecule has 1 aliphatic heterocycles. The number of methoxy groups -OCH3 is 1. The van der Waals surface area contributed by atoms with E-state index >= 15 is 0 Å². The van der Waals surface area contributed by atoms with Crippen LogP contribution in [0.5, 0.6) is 5.88 Å². The molecular formula is C32H38ClN5O5. The van der Waals surface area contributed by atoms with Gasteiger partial charge < -0.3 is 25.4 Å². The number of rotatable bonds is 10. The van der Waals surface area contributed by atoms with Crippen LogP contribution in [0.15, 0.2) is 48.5 Å². The van der Waals surface area contributed by atoms with E-state index in [1.54, 1.807) is 34.1 Å². The average Bonchev–Trinajstić information content (AvgIpc) is 2.97. The molecule has 1 atom stereocenters. The number of halogens is 1. The third-order valence-electron chi connectivity index (χ3n) is 7.53. The highest BCUT2D eigenvalue weighted by atomic mass is 35.5. The lowest BCUT2D eigenvalue weighted by atomic mass is 9.96. The molecule has 0 aliphatic carbocycles. The smallest absolute Gasteiger partial charge is 0.326 e. The van der Waals surface area contributed by atoms with Crippen LogP contribution >= 0.6 is 11.6 Å². The lowest BCUT2D eigenvalue weighted by Crippen LogP contribution is -2.56. The minimum atomic E-state index is -1.01. The molecule has 11 heteroatoms. The van der Waals surface area contributed by atoms with Crippen LogP contribution in [0.2, 0.25) is 5.02 Å². The van der Waals surface area contributed by atoms with E-state index in [9.17, 15) is 19.5 Å². The monoisotopic (exact) mass is 607 g/mol. The van der Waals surface area contributed by atoms with E-state index in [2.05, 4.69) is 10.6 Å². The number of urea groups is 1. The van der Waals surface area contributed by atoms with Gasteiger partial charge in [-0.25, -0.2) is 9.78 Å². The second-order valence-electron chi connectivity index (χ2n) is 11.4. The van der Waals surface area contributed by atoms with Crippen LogP contribution in [-0.4, -0.2) is 77.6 Å². The van der Waals surface area contributed by atoms with Crippen LogP contribution in [0.1, 0.15) is 31.4 Å². The summed E-state index contributed by atoms with van der Waals surface area (Å²) in [4.78, 5) is 44.9. The fraction of sp³-hybridized carbons (Fsp3) is 0.375. The molecule has 3 N–H and O–H groups in total. The highest BCUT2D eigenvalue weighted by molar-refractivity contribution is 6.36. The first-order valence-electron chi connectivity index (χ1n) is 14.0. The van der Waals surface area contributed by atoms with Crippen LogP contribution in [0.3, 0.4) is 0 Å². The summed E-state index contributed by atoms with van der Waals surface area (Å²) in [6.07, 6.45) is 0.613. The molecule has 1 aromatic heterocycles. The van der Waals surface area contributed by atoms with Crippen molar-refractivity contribution in [3.05, 3.63) is 64.7 Å². The fourth-order valence-electron chi connectivity index (χ4n) is 4.98. The molecular weight excluding hydrogens is 570 g/mol. The maximum atomic E-state index is 13.1. The zero-order valence-corrected chi connectivity index (χ0v) is 26.1. The van der Waals surface area contributed by atoms with Gasteiger partial charge >= 0.3 is 6.03 Å². The highest BCUT2D eigenvalue weighted by Crippen LogP contribution is 2.39. The fourth-order valence-corrected chi connectivity index (χ4v) is 5.30. The minimum Gasteiger partial charge on any atom is -0.481 e. The van der Waals surface area contributed by atoms with Crippen molar-refractivity contribution in [3.8, 4) is 28.3 Å². The Morgan fingerprint density at radius 3 is 2.47 bits per heavy atom. The summed E-state index contributed by atoms with van der Waals surface area (Å²) in [5.41, 5.74) is 4.38. The van der Waals surface area contributed by atoms with Gasteiger partial charge in [-0.1, -0.05) is 48.0 Å². The molecule has 2 aromatic carbocycles. The Bertz CT molecular complexity index is 1540. The first-order valence-corrected chi connectivity index (χ1v) is 14.4. The van der Waals surface area contributed by atoms with E-state index in [1.807, 2.05) is 49.4 Å². The SMILES string of the molecule is COc1nc(-c2cccc(-c3cccc(NC(=O)C4CN(C)C(=O)N(C)C4=O)c3C)c2Cl)ccc1CNCCC(C)(C)O. The van der Waals surface area contributed by atoms with Crippen molar-refractivity contribution in [2.24, 2.45) is 5.92 Å². The molecule has 1 unspecified atom stereocenters. The van der Waals surface area contributed by atoms with Gasteiger partial charge in [0.15, 0.2) is 0 Å². The number of ether oxygens (including phenoxy) is 1. The predicted molar refractivity (Wildman–Crippen MR) is 167 cm³/mol. The van der Waals surface area contributed by atoms with Crippen molar-refractivity contribution >= 4 is 35.1 Å². The summed E-state index contributed by atoms with van der Waals surface area (Å²) in [5, 5.41) is 16.6. The lowest BCUT2D eigenvalue weighted by Gasteiger charge is -2.33. The standard InChI is InChI=1S/C32H38ClN5O5/c1-19-21(9-8-12-25(19)35-28(39)24-18-37(4)31(41)38(5)30(24)40)22-10-7-11-23(27(22)33)26-14-13-20(29(36-26)43-6)17-34-16-15-32(2,3)42/h7-14,24,34,42H,15-18H2,1-6H3,(H,35,39). The Labute approximate surface area is 257 Å². The van der Waals surface area contributed by atoms with E-state index in [4.69, 9.17) is 21.3 Å². The largest absolute Gasteiger partial charge is 0.481 e. The van der Waals surface area contributed by atoms with Gasteiger partial charge in [0, 0.05) is 49.6 Å². The topological polar surface area (TPSA) is 124 Å². The molecule has 0 saturated carbocycles. The molecule has 0 radical (unpaired) electrons. The number of hydrogen-bond acceptors (Lipinski definition) is 7. The maximum Gasteiger partial charge on any atom is 0.326 e. The molecule has 228 valence electrons. The molecule has 43 heavy (non-hydrogen) atoms. The molecule has 0 spiro atoms. The second kappa shape index (κ2) is 13.1. The van der Waals surface area contributed by atoms with E-state index in [1.165, 1.54) is 11.9 Å². The van der Waals surface area contributed by atoms with E-state index in [0.29, 0.717) is 41.8 Å². The van der Waals surface area contributed by atoms with Gasteiger partial charge in [0.05, 0.1) is 23.4 Å². The van der Waals surface area contributed by atoms with Crippen LogP contribution < -0.4 is 15.4 Å².